The number of benzene rings is 3. The molecule has 1 heterocycles. The highest BCUT2D eigenvalue weighted by Gasteiger charge is 2.12. The Bertz CT molecular complexity index is 1070. The summed E-state index contributed by atoms with van der Waals surface area (Å²) >= 11 is 0. The molecule has 0 amide bonds. The number of aryl methyl sites for hydroxylation is 1. The van der Waals surface area contributed by atoms with Gasteiger partial charge in [-0.15, -0.1) is 0 Å². The highest BCUT2D eigenvalue weighted by molar-refractivity contribution is 5.80. The van der Waals surface area contributed by atoms with E-state index in [2.05, 4.69) is 10.6 Å². The van der Waals surface area contributed by atoms with Crippen LogP contribution < -0.4 is 9.47 Å². The maximum Gasteiger partial charge on any atom is 0.161 e. The molecule has 0 N–H and O–H groups in total. The van der Waals surface area contributed by atoms with Crippen LogP contribution in [-0.4, -0.2) is 23.3 Å². The third kappa shape index (κ3) is 3.69. The molecule has 1 aromatic heterocycles. The number of rotatable bonds is 7. The first-order valence-corrected chi connectivity index (χ1v) is 9.23. The molecule has 0 saturated heterocycles. The molecule has 5 heteroatoms. The molecule has 28 heavy (non-hydrogen) atoms. The van der Waals surface area contributed by atoms with E-state index in [-0.39, 0.29) is 5.82 Å². The smallest absolute Gasteiger partial charge is 0.161 e. The standard InChI is InChI=1S/C23H21FN2O2/c1-27-21-9-4-5-10-22(21)28-16-6-15-26-20-8-3-2-7-19(20)25-23(26)17-11-13-18(24)14-12-17/h2-5,7-14H,6,15-16H2,1H3. The van der Waals surface area contributed by atoms with Crippen molar-refractivity contribution in [3.05, 3.63) is 78.6 Å². The van der Waals surface area contributed by atoms with E-state index < -0.39 is 0 Å². The fourth-order valence-corrected chi connectivity index (χ4v) is 3.26. The topological polar surface area (TPSA) is 36.3 Å². The minimum absolute atomic E-state index is 0.253. The monoisotopic (exact) mass is 376 g/mol. The van der Waals surface area contributed by atoms with E-state index >= 15 is 0 Å². The zero-order chi connectivity index (χ0) is 19.3. The van der Waals surface area contributed by atoms with Crippen LogP contribution in [0.25, 0.3) is 22.4 Å². The molecule has 4 rings (SSSR count). The van der Waals surface area contributed by atoms with Gasteiger partial charge in [-0.05, 0) is 55.0 Å². The summed E-state index contributed by atoms with van der Waals surface area (Å²) in [5.41, 5.74) is 2.87. The van der Waals surface area contributed by atoms with E-state index in [4.69, 9.17) is 14.5 Å². The Kier molecular flexibility index (Phi) is 5.24. The van der Waals surface area contributed by atoms with E-state index in [1.165, 1.54) is 12.1 Å². The first-order chi connectivity index (χ1) is 13.8. The van der Waals surface area contributed by atoms with Gasteiger partial charge in [-0.3, -0.25) is 0 Å². The summed E-state index contributed by atoms with van der Waals surface area (Å²) in [5.74, 6) is 2.04. The molecule has 0 saturated carbocycles. The van der Waals surface area contributed by atoms with Gasteiger partial charge in [0, 0.05) is 12.1 Å². The molecule has 4 nitrogen and oxygen atoms in total. The van der Waals surface area contributed by atoms with Crippen molar-refractivity contribution in [3.8, 4) is 22.9 Å². The van der Waals surface area contributed by atoms with Gasteiger partial charge in [-0.25, -0.2) is 9.37 Å². The second-order valence-electron chi connectivity index (χ2n) is 6.44. The number of para-hydroxylation sites is 4. The van der Waals surface area contributed by atoms with Crippen molar-refractivity contribution in [2.24, 2.45) is 0 Å². The Labute approximate surface area is 163 Å². The fraction of sp³-hybridized carbons (Fsp3) is 0.174. The van der Waals surface area contributed by atoms with Crippen LogP contribution in [0.1, 0.15) is 6.42 Å². The molecule has 0 bridgehead atoms. The van der Waals surface area contributed by atoms with Crippen molar-refractivity contribution in [1.82, 2.24) is 9.55 Å². The fourth-order valence-electron chi connectivity index (χ4n) is 3.26. The molecule has 0 spiro atoms. The first-order valence-electron chi connectivity index (χ1n) is 9.23. The van der Waals surface area contributed by atoms with Crippen LogP contribution in [0.15, 0.2) is 72.8 Å². The van der Waals surface area contributed by atoms with Crippen molar-refractivity contribution in [2.75, 3.05) is 13.7 Å². The number of fused-ring (bicyclic) bond motifs is 1. The van der Waals surface area contributed by atoms with Crippen molar-refractivity contribution in [2.45, 2.75) is 13.0 Å². The molecule has 0 atom stereocenters. The Morgan fingerprint density at radius 2 is 1.61 bits per heavy atom. The molecular formula is C23H21FN2O2. The van der Waals surface area contributed by atoms with E-state index in [9.17, 15) is 4.39 Å². The highest BCUT2D eigenvalue weighted by Crippen LogP contribution is 2.27. The van der Waals surface area contributed by atoms with E-state index in [1.54, 1.807) is 19.2 Å². The van der Waals surface area contributed by atoms with Gasteiger partial charge in [0.15, 0.2) is 11.5 Å². The Hall–Kier alpha value is -3.34. The molecule has 0 radical (unpaired) electrons. The molecule has 3 aromatic carbocycles. The van der Waals surface area contributed by atoms with Gasteiger partial charge < -0.3 is 14.0 Å². The Morgan fingerprint density at radius 3 is 2.39 bits per heavy atom. The molecule has 0 fully saturated rings. The quantitative estimate of drug-likeness (QED) is 0.410. The largest absolute Gasteiger partial charge is 0.493 e. The molecular weight excluding hydrogens is 355 g/mol. The summed E-state index contributed by atoms with van der Waals surface area (Å²) in [5, 5.41) is 0. The van der Waals surface area contributed by atoms with Crippen LogP contribution in [0.5, 0.6) is 11.5 Å². The number of ether oxygens (including phenoxy) is 2. The number of halogens is 1. The summed E-state index contributed by atoms with van der Waals surface area (Å²) in [4.78, 5) is 4.76. The third-order valence-corrected chi connectivity index (χ3v) is 4.61. The SMILES string of the molecule is COc1ccccc1OCCCn1c(-c2ccc(F)cc2)nc2ccccc21. The highest BCUT2D eigenvalue weighted by atomic mass is 19.1. The average molecular weight is 376 g/mol. The van der Waals surface area contributed by atoms with Gasteiger partial charge in [-0.1, -0.05) is 24.3 Å². The predicted octanol–water partition coefficient (Wildman–Crippen LogP) is 5.32. The van der Waals surface area contributed by atoms with Crippen LogP contribution in [0.2, 0.25) is 0 Å². The van der Waals surface area contributed by atoms with E-state index in [0.717, 1.165) is 46.9 Å². The molecule has 0 aliphatic heterocycles. The minimum Gasteiger partial charge on any atom is -0.493 e. The summed E-state index contributed by atoms with van der Waals surface area (Å²) in [7, 11) is 1.63. The van der Waals surface area contributed by atoms with Gasteiger partial charge in [0.25, 0.3) is 0 Å². The lowest BCUT2D eigenvalue weighted by Gasteiger charge is -2.12. The van der Waals surface area contributed by atoms with E-state index in [0.29, 0.717) is 6.61 Å². The first kappa shape index (κ1) is 18.0. The van der Waals surface area contributed by atoms with Crippen molar-refractivity contribution in [3.63, 3.8) is 0 Å². The second-order valence-corrected chi connectivity index (χ2v) is 6.44. The van der Waals surface area contributed by atoms with Crippen LogP contribution in [-0.2, 0) is 6.54 Å². The molecule has 0 aliphatic rings. The summed E-state index contributed by atoms with van der Waals surface area (Å²) < 4.78 is 26.7. The van der Waals surface area contributed by atoms with Crippen LogP contribution in [0.3, 0.4) is 0 Å². The third-order valence-electron chi connectivity index (χ3n) is 4.61. The molecule has 0 unspecified atom stereocenters. The van der Waals surface area contributed by atoms with Crippen LogP contribution in [0, 0.1) is 5.82 Å². The molecule has 142 valence electrons. The minimum atomic E-state index is -0.253. The Morgan fingerprint density at radius 1 is 0.893 bits per heavy atom. The van der Waals surface area contributed by atoms with Crippen molar-refractivity contribution < 1.29 is 13.9 Å². The van der Waals surface area contributed by atoms with Gasteiger partial charge in [0.2, 0.25) is 0 Å². The van der Waals surface area contributed by atoms with E-state index in [1.807, 2.05) is 42.5 Å². The molecule has 4 aromatic rings. The van der Waals surface area contributed by atoms with Crippen LogP contribution >= 0.6 is 0 Å². The molecule has 0 aliphatic carbocycles. The number of hydrogen-bond acceptors (Lipinski definition) is 3. The van der Waals surface area contributed by atoms with Gasteiger partial charge in [0.05, 0.1) is 24.8 Å². The normalized spacial score (nSPS) is 10.9. The van der Waals surface area contributed by atoms with Crippen molar-refractivity contribution >= 4 is 11.0 Å². The summed E-state index contributed by atoms with van der Waals surface area (Å²) in [6, 6.07) is 22.1. The predicted molar refractivity (Wildman–Crippen MR) is 108 cm³/mol. The van der Waals surface area contributed by atoms with Crippen LogP contribution in [0.4, 0.5) is 4.39 Å². The number of nitrogens with zero attached hydrogens (tertiary/aromatic N) is 2. The summed E-state index contributed by atoms with van der Waals surface area (Å²) in [6.07, 6.45) is 0.798. The maximum absolute atomic E-state index is 13.3. The zero-order valence-electron chi connectivity index (χ0n) is 15.6. The lowest BCUT2D eigenvalue weighted by molar-refractivity contribution is 0.283. The van der Waals surface area contributed by atoms with Crippen molar-refractivity contribution in [1.29, 1.82) is 0 Å². The zero-order valence-corrected chi connectivity index (χ0v) is 15.6. The number of methoxy groups -OCH3 is 1. The van der Waals surface area contributed by atoms with Gasteiger partial charge >= 0.3 is 0 Å². The average Bonchev–Trinajstić information content (AvgIpc) is 3.10. The lowest BCUT2D eigenvalue weighted by atomic mass is 10.2. The second kappa shape index (κ2) is 8.13. The van der Waals surface area contributed by atoms with Gasteiger partial charge in [-0.2, -0.15) is 0 Å². The number of imidazole rings is 1. The van der Waals surface area contributed by atoms with Gasteiger partial charge in [0.1, 0.15) is 11.6 Å². The Balaban J connectivity index is 1.54. The maximum atomic E-state index is 13.3. The summed E-state index contributed by atoms with van der Waals surface area (Å²) in [6.45, 7) is 1.29. The number of aromatic nitrogens is 2. The number of hydrogen-bond donors (Lipinski definition) is 0. The lowest BCUT2D eigenvalue weighted by Crippen LogP contribution is -2.06.